The Labute approximate surface area is 83.4 Å². The van der Waals surface area contributed by atoms with Crippen LogP contribution in [0.25, 0.3) is 0 Å². The summed E-state index contributed by atoms with van der Waals surface area (Å²) in [5.74, 6) is 0. The Balaban J connectivity index is 2.30. The first kappa shape index (κ1) is 8.91. The Morgan fingerprint density at radius 3 is 2.07 bits per heavy atom. The zero-order chi connectivity index (χ0) is 9.80. The molecule has 1 aromatic carbocycles. The van der Waals surface area contributed by atoms with E-state index in [0.717, 1.165) is 11.1 Å². The SMILES string of the molecule is N[C@H](c1ccccc1)c1ccncc1. The van der Waals surface area contributed by atoms with Gasteiger partial charge in [-0.2, -0.15) is 0 Å². The number of hydrogen-bond acceptors (Lipinski definition) is 2. The van der Waals surface area contributed by atoms with Gasteiger partial charge >= 0.3 is 0 Å². The molecule has 2 nitrogen and oxygen atoms in total. The molecule has 0 saturated heterocycles. The number of aromatic nitrogens is 1. The van der Waals surface area contributed by atoms with Gasteiger partial charge in [-0.1, -0.05) is 30.3 Å². The Morgan fingerprint density at radius 2 is 1.43 bits per heavy atom. The second-order valence-electron chi connectivity index (χ2n) is 3.17. The first-order valence-electron chi connectivity index (χ1n) is 4.58. The maximum atomic E-state index is 6.09. The number of nitrogens with zero attached hydrogens (tertiary/aromatic N) is 1. The minimum absolute atomic E-state index is 0.0563. The van der Waals surface area contributed by atoms with Crippen molar-refractivity contribution in [3.8, 4) is 0 Å². The van der Waals surface area contributed by atoms with Crippen molar-refractivity contribution in [2.45, 2.75) is 6.04 Å². The van der Waals surface area contributed by atoms with E-state index in [1.165, 1.54) is 0 Å². The molecule has 1 atom stereocenters. The Bertz CT molecular complexity index is 344. The summed E-state index contributed by atoms with van der Waals surface area (Å²) >= 11 is 0. The van der Waals surface area contributed by atoms with Crippen molar-refractivity contribution < 1.29 is 0 Å². The van der Waals surface area contributed by atoms with Crippen LogP contribution in [-0.2, 0) is 0 Å². The first-order valence-corrected chi connectivity index (χ1v) is 4.58. The molecular weight excluding hydrogens is 172 g/mol. The van der Waals surface area contributed by atoms with E-state index >= 15 is 0 Å². The van der Waals surface area contributed by atoms with Crippen LogP contribution in [0.3, 0.4) is 0 Å². The molecule has 14 heavy (non-hydrogen) atoms. The Hall–Kier alpha value is -1.67. The normalized spacial score (nSPS) is 12.4. The van der Waals surface area contributed by atoms with Gasteiger partial charge in [0.15, 0.2) is 0 Å². The van der Waals surface area contributed by atoms with E-state index in [-0.39, 0.29) is 6.04 Å². The molecule has 2 aromatic rings. The fourth-order valence-electron chi connectivity index (χ4n) is 1.42. The molecule has 1 heterocycles. The molecule has 2 rings (SSSR count). The number of pyridine rings is 1. The predicted octanol–water partition coefficient (Wildman–Crippen LogP) is 2.13. The second-order valence-corrected chi connectivity index (χ2v) is 3.17. The zero-order valence-corrected chi connectivity index (χ0v) is 7.80. The molecule has 2 heteroatoms. The number of benzene rings is 1. The molecule has 0 bridgehead atoms. The predicted molar refractivity (Wildman–Crippen MR) is 56.7 cm³/mol. The largest absolute Gasteiger partial charge is 0.320 e. The third-order valence-corrected chi connectivity index (χ3v) is 2.22. The Morgan fingerprint density at radius 1 is 0.857 bits per heavy atom. The van der Waals surface area contributed by atoms with Gasteiger partial charge < -0.3 is 5.73 Å². The monoisotopic (exact) mass is 184 g/mol. The summed E-state index contributed by atoms with van der Waals surface area (Å²) in [7, 11) is 0. The lowest BCUT2D eigenvalue weighted by Crippen LogP contribution is -2.11. The van der Waals surface area contributed by atoms with Gasteiger partial charge in [0.2, 0.25) is 0 Å². The maximum Gasteiger partial charge on any atom is 0.0552 e. The van der Waals surface area contributed by atoms with Gasteiger partial charge in [0.25, 0.3) is 0 Å². The van der Waals surface area contributed by atoms with Crippen LogP contribution in [0, 0.1) is 0 Å². The smallest absolute Gasteiger partial charge is 0.0552 e. The van der Waals surface area contributed by atoms with E-state index in [9.17, 15) is 0 Å². The third kappa shape index (κ3) is 1.80. The highest BCUT2D eigenvalue weighted by Gasteiger charge is 2.06. The molecule has 0 fully saturated rings. The van der Waals surface area contributed by atoms with Gasteiger partial charge in [-0.05, 0) is 23.3 Å². The average Bonchev–Trinajstić information content (AvgIpc) is 2.30. The Kier molecular flexibility index (Phi) is 2.56. The lowest BCUT2D eigenvalue weighted by atomic mass is 10.0. The summed E-state index contributed by atoms with van der Waals surface area (Å²) in [5, 5.41) is 0. The molecule has 70 valence electrons. The fourth-order valence-corrected chi connectivity index (χ4v) is 1.42. The molecule has 0 amide bonds. The number of nitrogens with two attached hydrogens (primary N) is 1. The van der Waals surface area contributed by atoms with Crippen LogP contribution in [0.4, 0.5) is 0 Å². The molecular formula is C12H12N2. The second kappa shape index (κ2) is 4.03. The van der Waals surface area contributed by atoms with E-state index < -0.39 is 0 Å². The minimum atomic E-state index is -0.0563. The lowest BCUT2D eigenvalue weighted by molar-refractivity contribution is 0.868. The van der Waals surface area contributed by atoms with Crippen molar-refractivity contribution in [1.29, 1.82) is 0 Å². The molecule has 0 aliphatic rings. The average molecular weight is 184 g/mol. The number of rotatable bonds is 2. The third-order valence-electron chi connectivity index (χ3n) is 2.22. The van der Waals surface area contributed by atoms with E-state index in [0.29, 0.717) is 0 Å². The van der Waals surface area contributed by atoms with Crippen LogP contribution >= 0.6 is 0 Å². The molecule has 0 aliphatic carbocycles. The summed E-state index contributed by atoms with van der Waals surface area (Å²) in [5.41, 5.74) is 8.30. The minimum Gasteiger partial charge on any atom is -0.320 e. The highest BCUT2D eigenvalue weighted by atomic mass is 14.7. The van der Waals surface area contributed by atoms with Gasteiger partial charge in [0, 0.05) is 12.4 Å². The van der Waals surface area contributed by atoms with E-state index in [2.05, 4.69) is 4.98 Å². The highest BCUT2D eigenvalue weighted by molar-refractivity contribution is 5.29. The van der Waals surface area contributed by atoms with Gasteiger partial charge in [0.1, 0.15) is 0 Å². The highest BCUT2D eigenvalue weighted by Crippen LogP contribution is 2.17. The van der Waals surface area contributed by atoms with Crippen molar-refractivity contribution in [3.05, 3.63) is 66.0 Å². The molecule has 0 unspecified atom stereocenters. The van der Waals surface area contributed by atoms with E-state index in [4.69, 9.17) is 5.73 Å². The van der Waals surface area contributed by atoms with Crippen molar-refractivity contribution in [3.63, 3.8) is 0 Å². The van der Waals surface area contributed by atoms with Crippen molar-refractivity contribution in [1.82, 2.24) is 4.98 Å². The van der Waals surface area contributed by atoms with E-state index in [1.807, 2.05) is 42.5 Å². The van der Waals surface area contributed by atoms with Crippen LogP contribution in [0.5, 0.6) is 0 Å². The molecule has 1 aromatic heterocycles. The molecule has 0 saturated carbocycles. The van der Waals surface area contributed by atoms with Crippen LogP contribution in [0.1, 0.15) is 17.2 Å². The molecule has 0 radical (unpaired) electrons. The summed E-state index contributed by atoms with van der Waals surface area (Å²) < 4.78 is 0. The molecule has 0 spiro atoms. The zero-order valence-electron chi connectivity index (χ0n) is 7.80. The quantitative estimate of drug-likeness (QED) is 0.776. The number of hydrogen-bond donors (Lipinski definition) is 1. The van der Waals surface area contributed by atoms with Crippen molar-refractivity contribution in [2.75, 3.05) is 0 Å². The first-order chi connectivity index (χ1) is 6.88. The van der Waals surface area contributed by atoms with Gasteiger partial charge in [-0.3, -0.25) is 4.98 Å². The summed E-state index contributed by atoms with van der Waals surface area (Å²) in [6.07, 6.45) is 3.52. The van der Waals surface area contributed by atoms with Gasteiger partial charge in [-0.15, -0.1) is 0 Å². The van der Waals surface area contributed by atoms with Crippen LogP contribution in [0.15, 0.2) is 54.9 Å². The summed E-state index contributed by atoms with van der Waals surface area (Å²) in [6, 6.07) is 13.9. The standard InChI is InChI=1S/C12H12N2/c13-12(10-4-2-1-3-5-10)11-6-8-14-9-7-11/h1-9,12H,13H2/t12-/m1/s1. The maximum absolute atomic E-state index is 6.09. The van der Waals surface area contributed by atoms with Crippen LogP contribution < -0.4 is 5.73 Å². The van der Waals surface area contributed by atoms with Gasteiger partial charge in [0.05, 0.1) is 6.04 Å². The van der Waals surface area contributed by atoms with Crippen molar-refractivity contribution >= 4 is 0 Å². The molecule has 0 aliphatic heterocycles. The fraction of sp³-hybridized carbons (Fsp3) is 0.0833. The topological polar surface area (TPSA) is 38.9 Å². The van der Waals surface area contributed by atoms with Crippen LogP contribution in [0.2, 0.25) is 0 Å². The van der Waals surface area contributed by atoms with Crippen molar-refractivity contribution in [2.24, 2.45) is 5.73 Å². The van der Waals surface area contributed by atoms with E-state index in [1.54, 1.807) is 12.4 Å². The van der Waals surface area contributed by atoms with Crippen LogP contribution in [-0.4, -0.2) is 4.98 Å². The summed E-state index contributed by atoms with van der Waals surface area (Å²) in [4.78, 5) is 3.97. The lowest BCUT2D eigenvalue weighted by Gasteiger charge is -2.11. The molecule has 2 N–H and O–H groups in total. The van der Waals surface area contributed by atoms with Gasteiger partial charge in [-0.25, -0.2) is 0 Å². The summed E-state index contributed by atoms with van der Waals surface area (Å²) in [6.45, 7) is 0.